The van der Waals surface area contributed by atoms with Crippen molar-refractivity contribution in [1.29, 1.82) is 0 Å². The Bertz CT molecular complexity index is 256. The minimum atomic E-state index is -0.533. The number of hydrogen-bond acceptors (Lipinski definition) is 5. The van der Waals surface area contributed by atoms with Gasteiger partial charge in [0.1, 0.15) is 0 Å². The van der Waals surface area contributed by atoms with E-state index in [1.165, 1.54) is 14.2 Å². The fourth-order valence-electron chi connectivity index (χ4n) is 1.52. The molecule has 15 heavy (non-hydrogen) atoms. The van der Waals surface area contributed by atoms with Crippen LogP contribution in [0.3, 0.4) is 0 Å². The number of nitrogens with zero attached hydrogens (tertiary/aromatic N) is 1. The zero-order chi connectivity index (χ0) is 11.4. The summed E-state index contributed by atoms with van der Waals surface area (Å²) in [6, 6.07) is -0.849. The van der Waals surface area contributed by atoms with Gasteiger partial charge in [-0.25, -0.2) is 0 Å². The van der Waals surface area contributed by atoms with E-state index in [0.717, 1.165) is 4.90 Å². The third-order valence-corrected chi connectivity index (χ3v) is 2.41. The molecule has 0 saturated carbocycles. The molecule has 86 valence electrons. The van der Waals surface area contributed by atoms with Crippen LogP contribution in [0.2, 0.25) is 0 Å². The Morgan fingerprint density at radius 3 is 2.73 bits per heavy atom. The highest BCUT2D eigenvalue weighted by Gasteiger charge is 2.36. The molecule has 1 heterocycles. The Morgan fingerprint density at radius 2 is 2.33 bits per heavy atom. The minimum Gasteiger partial charge on any atom is -0.395 e. The van der Waals surface area contributed by atoms with E-state index in [9.17, 15) is 9.59 Å². The first-order valence-corrected chi connectivity index (χ1v) is 4.76. The Morgan fingerprint density at radius 1 is 1.67 bits per heavy atom. The molecular weight excluding hydrogens is 200 g/mol. The van der Waals surface area contributed by atoms with Crippen molar-refractivity contribution in [1.82, 2.24) is 10.2 Å². The molecule has 2 atom stereocenters. The average Bonchev–Trinajstić information content (AvgIpc) is 2.46. The van der Waals surface area contributed by atoms with Gasteiger partial charge < -0.3 is 9.84 Å². The van der Waals surface area contributed by atoms with E-state index in [1.54, 1.807) is 0 Å². The molecule has 0 aliphatic carbocycles. The number of ether oxygens (including phenoxy) is 1. The number of aliphatic hydroxyl groups excluding tert-OH is 1. The van der Waals surface area contributed by atoms with Gasteiger partial charge in [0.15, 0.2) is 0 Å². The number of methoxy groups -OCH3 is 1. The van der Waals surface area contributed by atoms with Crippen LogP contribution in [0.4, 0.5) is 0 Å². The van der Waals surface area contributed by atoms with E-state index in [1.807, 2.05) is 0 Å². The molecule has 1 fully saturated rings. The molecule has 0 spiro atoms. The van der Waals surface area contributed by atoms with Gasteiger partial charge in [-0.2, -0.15) is 0 Å². The van der Waals surface area contributed by atoms with Gasteiger partial charge in [-0.3, -0.25) is 19.8 Å². The monoisotopic (exact) mass is 216 g/mol. The quantitative estimate of drug-likeness (QED) is 0.538. The predicted octanol–water partition coefficient (Wildman–Crippen LogP) is -1.66. The second-order valence-electron chi connectivity index (χ2n) is 3.55. The van der Waals surface area contributed by atoms with Crippen molar-refractivity contribution in [2.45, 2.75) is 18.5 Å². The lowest BCUT2D eigenvalue weighted by Crippen LogP contribution is -2.46. The molecule has 0 aromatic heterocycles. The highest BCUT2D eigenvalue weighted by Crippen LogP contribution is 2.11. The van der Waals surface area contributed by atoms with Crippen molar-refractivity contribution in [3.63, 3.8) is 0 Å². The molecule has 6 heteroatoms. The lowest BCUT2D eigenvalue weighted by molar-refractivity contribution is -0.137. The summed E-state index contributed by atoms with van der Waals surface area (Å²) in [7, 11) is 2.97. The van der Waals surface area contributed by atoms with Gasteiger partial charge in [0.05, 0.1) is 31.7 Å². The second kappa shape index (κ2) is 5.20. The van der Waals surface area contributed by atoms with Crippen molar-refractivity contribution < 1.29 is 19.4 Å². The first-order chi connectivity index (χ1) is 7.10. The van der Waals surface area contributed by atoms with Gasteiger partial charge in [0.2, 0.25) is 11.8 Å². The number of aliphatic hydroxyl groups is 1. The van der Waals surface area contributed by atoms with E-state index in [4.69, 9.17) is 9.84 Å². The molecule has 1 aliphatic heterocycles. The van der Waals surface area contributed by atoms with Crippen molar-refractivity contribution in [2.75, 3.05) is 27.4 Å². The van der Waals surface area contributed by atoms with E-state index in [-0.39, 0.29) is 30.9 Å². The molecule has 1 rings (SSSR count). The molecule has 1 aliphatic rings. The van der Waals surface area contributed by atoms with Crippen LogP contribution in [0.25, 0.3) is 0 Å². The highest BCUT2D eigenvalue weighted by atomic mass is 16.5. The topological polar surface area (TPSA) is 78.9 Å². The Hall–Kier alpha value is -0.980. The van der Waals surface area contributed by atoms with Gasteiger partial charge in [-0.15, -0.1) is 0 Å². The Balaban J connectivity index is 2.51. The van der Waals surface area contributed by atoms with Crippen LogP contribution < -0.4 is 5.32 Å². The summed E-state index contributed by atoms with van der Waals surface area (Å²) < 4.78 is 4.86. The fourth-order valence-corrected chi connectivity index (χ4v) is 1.52. The van der Waals surface area contributed by atoms with Crippen LogP contribution in [-0.4, -0.2) is 61.3 Å². The number of likely N-dealkylation sites (N-methyl/N-ethyl adjacent to an activating group) is 1. The molecule has 0 aromatic carbocycles. The van der Waals surface area contributed by atoms with Gasteiger partial charge in [-0.05, 0) is 0 Å². The third kappa shape index (κ3) is 2.74. The molecule has 0 bridgehead atoms. The molecule has 1 saturated heterocycles. The number of amides is 2. The van der Waals surface area contributed by atoms with E-state index >= 15 is 0 Å². The maximum Gasteiger partial charge on any atom is 0.246 e. The summed E-state index contributed by atoms with van der Waals surface area (Å²) in [5, 5.41) is 11.9. The number of nitrogens with one attached hydrogen (secondary N) is 1. The lowest BCUT2D eigenvalue weighted by Gasteiger charge is -2.18. The number of carbonyl (C=O) groups is 2. The minimum absolute atomic E-state index is 0.129. The molecule has 0 aromatic rings. The summed E-state index contributed by atoms with van der Waals surface area (Å²) in [5.41, 5.74) is 0. The maximum atomic E-state index is 11.5. The third-order valence-electron chi connectivity index (χ3n) is 2.41. The summed E-state index contributed by atoms with van der Waals surface area (Å²) in [4.78, 5) is 23.8. The smallest absolute Gasteiger partial charge is 0.246 e. The van der Waals surface area contributed by atoms with Crippen LogP contribution >= 0.6 is 0 Å². The van der Waals surface area contributed by atoms with Crippen molar-refractivity contribution in [3.05, 3.63) is 0 Å². The summed E-state index contributed by atoms with van der Waals surface area (Å²) in [5.74, 6) is -0.457. The molecular formula is C9H16N2O4. The summed E-state index contributed by atoms with van der Waals surface area (Å²) in [6.07, 6.45) is 0.148. The molecule has 2 amide bonds. The SMILES string of the molecule is COCC(CO)NC1CC(=O)N(C)C1=O. The fraction of sp³-hybridized carbons (Fsp3) is 0.778. The van der Waals surface area contributed by atoms with Gasteiger partial charge in [-0.1, -0.05) is 0 Å². The van der Waals surface area contributed by atoms with E-state index in [0.29, 0.717) is 6.61 Å². The van der Waals surface area contributed by atoms with Crippen molar-refractivity contribution in [2.24, 2.45) is 0 Å². The van der Waals surface area contributed by atoms with E-state index < -0.39 is 6.04 Å². The highest BCUT2D eigenvalue weighted by molar-refractivity contribution is 6.05. The lowest BCUT2D eigenvalue weighted by atomic mass is 10.2. The van der Waals surface area contributed by atoms with Crippen molar-refractivity contribution >= 4 is 11.8 Å². The second-order valence-corrected chi connectivity index (χ2v) is 3.55. The first kappa shape index (κ1) is 12.1. The molecule has 6 nitrogen and oxygen atoms in total. The van der Waals surface area contributed by atoms with Crippen LogP contribution in [0.15, 0.2) is 0 Å². The van der Waals surface area contributed by atoms with Crippen LogP contribution in [0, 0.1) is 0 Å². The normalized spacial score (nSPS) is 23.7. The largest absolute Gasteiger partial charge is 0.395 e. The van der Waals surface area contributed by atoms with Gasteiger partial charge in [0, 0.05) is 14.2 Å². The Labute approximate surface area is 88.2 Å². The summed E-state index contributed by atoms with van der Waals surface area (Å²) >= 11 is 0. The van der Waals surface area contributed by atoms with Crippen LogP contribution in [-0.2, 0) is 14.3 Å². The van der Waals surface area contributed by atoms with Gasteiger partial charge >= 0.3 is 0 Å². The van der Waals surface area contributed by atoms with Crippen LogP contribution in [0.5, 0.6) is 0 Å². The first-order valence-electron chi connectivity index (χ1n) is 4.76. The number of carbonyl (C=O) groups excluding carboxylic acids is 2. The number of likely N-dealkylation sites (tertiary alicyclic amines) is 1. The predicted molar refractivity (Wildman–Crippen MR) is 52.1 cm³/mol. The standard InChI is InChI=1S/C9H16N2O4/c1-11-8(13)3-7(9(11)14)10-6(4-12)5-15-2/h6-7,10,12H,3-5H2,1-2H3. The maximum absolute atomic E-state index is 11.5. The van der Waals surface area contributed by atoms with Gasteiger partial charge in [0.25, 0.3) is 0 Å². The average molecular weight is 216 g/mol. The number of hydrogen-bond donors (Lipinski definition) is 2. The van der Waals surface area contributed by atoms with E-state index in [2.05, 4.69) is 5.32 Å². The zero-order valence-corrected chi connectivity index (χ0v) is 8.90. The molecule has 2 unspecified atom stereocenters. The number of imide groups is 1. The number of rotatable bonds is 5. The van der Waals surface area contributed by atoms with Crippen molar-refractivity contribution in [3.8, 4) is 0 Å². The molecule has 0 radical (unpaired) electrons. The Kier molecular flexibility index (Phi) is 4.19. The molecule has 2 N–H and O–H groups in total. The van der Waals surface area contributed by atoms with Crippen LogP contribution in [0.1, 0.15) is 6.42 Å². The summed E-state index contributed by atoms with van der Waals surface area (Å²) in [6.45, 7) is 0.174. The zero-order valence-electron chi connectivity index (χ0n) is 8.90.